The number of carbonyl (C=O) groups excluding carboxylic acids is 1. The summed E-state index contributed by atoms with van der Waals surface area (Å²) in [6.07, 6.45) is 2.96. The fourth-order valence-electron chi connectivity index (χ4n) is 2.18. The van der Waals surface area contributed by atoms with Crippen LogP contribution in [0, 0.1) is 15.9 Å². The van der Waals surface area contributed by atoms with E-state index in [1.165, 1.54) is 48.6 Å². The van der Waals surface area contributed by atoms with Gasteiger partial charge in [-0.2, -0.15) is 0 Å². The highest BCUT2D eigenvalue weighted by Gasteiger charge is 2.22. The van der Waals surface area contributed by atoms with E-state index in [1.54, 1.807) is 6.07 Å². The molecule has 0 spiro atoms. The highest BCUT2D eigenvalue weighted by atomic mass is 35.5. The predicted octanol–water partition coefficient (Wildman–Crippen LogP) is 4.37. The second kappa shape index (κ2) is 6.25. The summed E-state index contributed by atoms with van der Waals surface area (Å²) in [5.41, 5.74) is 0.968. The summed E-state index contributed by atoms with van der Waals surface area (Å²) in [7, 11) is 0. The number of halogens is 2. The summed E-state index contributed by atoms with van der Waals surface area (Å²) in [6, 6.07) is 9.71. The number of carbonyl (C=O) groups is 1. The highest BCUT2D eigenvalue weighted by molar-refractivity contribution is 6.32. The van der Waals surface area contributed by atoms with Gasteiger partial charge in [0.05, 0.1) is 10.5 Å². The van der Waals surface area contributed by atoms with Crippen molar-refractivity contribution in [2.75, 3.05) is 0 Å². The van der Waals surface area contributed by atoms with Crippen molar-refractivity contribution in [2.45, 2.75) is 0 Å². The summed E-state index contributed by atoms with van der Waals surface area (Å²) < 4.78 is 18.1. The lowest BCUT2D eigenvalue weighted by atomic mass is 10.1. The van der Waals surface area contributed by atoms with Gasteiger partial charge in [0.2, 0.25) is 0 Å². The molecule has 1 aliphatic heterocycles. The van der Waals surface area contributed by atoms with Gasteiger partial charge in [-0.15, -0.1) is 0 Å². The standard InChI is InChI=1S/C17H9ClFNO4/c18-14-6-1-10(8-15(14)20(22)23)7-12-9-16(24-17(12)21)11-2-4-13(19)5-3-11/h1-9H/b12-7+. The molecule has 2 aromatic carbocycles. The van der Waals surface area contributed by atoms with Crippen LogP contribution in [0.1, 0.15) is 11.1 Å². The SMILES string of the molecule is O=C1OC(c2ccc(F)cc2)=C/C1=C\c1ccc(Cl)c([N+](=O)[O-])c1. The molecule has 0 bridgehead atoms. The van der Waals surface area contributed by atoms with E-state index in [-0.39, 0.29) is 22.0 Å². The van der Waals surface area contributed by atoms with Crippen molar-refractivity contribution in [3.05, 3.63) is 86.2 Å². The van der Waals surface area contributed by atoms with Crippen LogP contribution in [0.25, 0.3) is 11.8 Å². The molecular weight excluding hydrogens is 337 g/mol. The van der Waals surface area contributed by atoms with E-state index in [1.807, 2.05) is 0 Å². The smallest absolute Gasteiger partial charge is 0.343 e. The average Bonchev–Trinajstić information content (AvgIpc) is 2.90. The van der Waals surface area contributed by atoms with Crippen LogP contribution >= 0.6 is 11.6 Å². The largest absolute Gasteiger partial charge is 0.422 e. The van der Waals surface area contributed by atoms with Crippen LogP contribution in [0.4, 0.5) is 10.1 Å². The van der Waals surface area contributed by atoms with Crippen LogP contribution in [0.15, 0.2) is 54.1 Å². The molecule has 1 aliphatic rings. The minimum Gasteiger partial charge on any atom is -0.422 e. The Kier molecular flexibility index (Phi) is 4.14. The Bertz CT molecular complexity index is 903. The molecule has 0 saturated heterocycles. The van der Waals surface area contributed by atoms with E-state index in [9.17, 15) is 19.3 Å². The summed E-state index contributed by atoms with van der Waals surface area (Å²) in [4.78, 5) is 22.2. The minimum atomic E-state index is -0.600. The number of hydrogen-bond acceptors (Lipinski definition) is 4. The highest BCUT2D eigenvalue weighted by Crippen LogP contribution is 2.30. The van der Waals surface area contributed by atoms with Crippen LogP contribution < -0.4 is 0 Å². The molecule has 24 heavy (non-hydrogen) atoms. The van der Waals surface area contributed by atoms with Gasteiger partial charge in [0.15, 0.2) is 0 Å². The van der Waals surface area contributed by atoms with E-state index >= 15 is 0 Å². The van der Waals surface area contributed by atoms with Crippen molar-refractivity contribution in [2.24, 2.45) is 0 Å². The van der Waals surface area contributed by atoms with E-state index in [4.69, 9.17) is 16.3 Å². The quantitative estimate of drug-likeness (QED) is 0.358. The maximum atomic E-state index is 12.9. The Hall–Kier alpha value is -2.99. The molecular formula is C17H9ClFNO4. The molecule has 0 aromatic heterocycles. The number of benzene rings is 2. The maximum absolute atomic E-state index is 12.9. The van der Waals surface area contributed by atoms with Gasteiger partial charge >= 0.3 is 5.97 Å². The maximum Gasteiger partial charge on any atom is 0.343 e. The molecule has 0 aliphatic carbocycles. The molecule has 7 heteroatoms. The van der Waals surface area contributed by atoms with Crippen LogP contribution in [-0.2, 0) is 9.53 Å². The third-order valence-corrected chi connectivity index (χ3v) is 3.66. The Labute approximate surface area is 140 Å². The third kappa shape index (κ3) is 3.18. The van der Waals surface area contributed by atoms with Crippen molar-refractivity contribution in [3.63, 3.8) is 0 Å². The fourth-order valence-corrected chi connectivity index (χ4v) is 2.37. The Balaban J connectivity index is 1.95. The van der Waals surface area contributed by atoms with Gasteiger partial charge in [-0.25, -0.2) is 9.18 Å². The number of hydrogen-bond donors (Lipinski definition) is 0. The predicted molar refractivity (Wildman–Crippen MR) is 86.6 cm³/mol. The summed E-state index contributed by atoms with van der Waals surface area (Å²) >= 11 is 5.76. The molecule has 2 aromatic rings. The molecule has 3 rings (SSSR count). The van der Waals surface area contributed by atoms with Crippen LogP contribution in [0.2, 0.25) is 5.02 Å². The summed E-state index contributed by atoms with van der Waals surface area (Å²) in [5, 5.41) is 10.9. The lowest BCUT2D eigenvalue weighted by Gasteiger charge is -2.00. The van der Waals surface area contributed by atoms with E-state index < -0.39 is 16.7 Å². The molecule has 0 radical (unpaired) electrons. The number of nitrogens with zero attached hydrogens (tertiary/aromatic N) is 1. The Morgan fingerprint density at radius 1 is 1.17 bits per heavy atom. The van der Waals surface area contributed by atoms with Crippen molar-refractivity contribution in [3.8, 4) is 0 Å². The summed E-state index contributed by atoms with van der Waals surface area (Å²) in [5.74, 6) is -0.699. The number of nitro groups is 1. The first kappa shape index (κ1) is 15.9. The first-order valence-electron chi connectivity index (χ1n) is 6.79. The van der Waals surface area contributed by atoms with Gasteiger partial charge in [0.25, 0.3) is 5.69 Å². The molecule has 1 heterocycles. The fraction of sp³-hybridized carbons (Fsp3) is 0. The minimum absolute atomic E-state index is 0.0127. The van der Waals surface area contributed by atoms with Gasteiger partial charge in [0.1, 0.15) is 16.6 Å². The third-order valence-electron chi connectivity index (χ3n) is 3.34. The van der Waals surface area contributed by atoms with Gasteiger partial charge in [-0.05, 0) is 48.0 Å². The first-order valence-corrected chi connectivity index (χ1v) is 7.17. The summed E-state index contributed by atoms with van der Waals surface area (Å²) in [6.45, 7) is 0. The monoisotopic (exact) mass is 345 g/mol. The second-order valence-electron chi connectivity index (χ2n) is 4.97. The van der Waals surface area contributed by atoms with Gasteiger partial charge in [-0.3, -0.25) is 10.1 Å². The number of nitro benzene ring substituents is 1. The second-order valence-corrected chi connectivity index (χ2v) is 5.38. The number of esters is 1. The topological polar surface area (TPSA) is 69.4 Å². The molecule has 120 valence electrons. The van der Waals surface area contributed by atoms with E-state index in [0.717, 1.165) is 0 Å². The van der Waals surface area contributed by atoms with E-state index in [0.29, 0.717) is 11.1 Å². The normalized spacial score (nSPS) is 15.3. The molecule has 0 fully saturated rings. The van der Waals surface area contributed by atoms with Crippen molar-refractivity contribution in [1.29, 1.82) is 0 Å². The van der Waals surface area contributed by atoms with Crippen molar-refractivity contribution in [1.82, 2.24) is 0 Å². The zero-order chi connectivity index (χ0) is 17.3. The zero-order valence-electron chi connectivity index (χ0n) is 12.0. The Morgan fingerprint density at radius 2 is 1.88 bits per heavy atom. The average molecular weight is 346 g/mol. The Morgan fingerprint density at radius 3 is 2.54 bits per heavy atom. The van der Waals surface area contributed by atoms with Crippen molar-refractivity contribution >= 4 is 35.1 Å². The van der Waals surface area contributed by atoms with Crippen LogP contribution in [0.3, 0.4) is 0 Å². The van der Waals surface area contributed by atoms with Gasteiger partial charge in [-0.1, -0.05) is 17.7 Å². The van der Waals surface area contributed by atoms with Crippen LogP contribution in [0.5, 0.6) is 0 Å². The van der Waals surface area contributed by atoms with Crippen molar-refractivity contribution < 1.29 is 18.8 Å². The molecule has 5 nitrogen and oxygen atoms in total. The molecule has 0 amide bonds. The van der Waals surface area contributed by atoms with Crippen LogP contribution in [-0.4, -0.2) is 10.9 Å². The zero-order valence-corrected chi connectivity index (χ0v) is 12.8. The molecule has 0 N–H and O–H groups in total. The lowest BCUT2D eigenvalue weighted by molar-refractivity contribution is -0.384. The van der Waals surface area contributed by atoms with Gasteiger partial charge < -0.3 is 4.74 Å². The molecule has 0 unspecified atom stereocenters. The number of ether oxygens (including phenoxy) is 1. The number of cyclic esters (lactones) is 1. The first-order chi connectivity index (χ1) is 11.4. The number of rotatable bonds is 3. The molecule has 0 atom stereocenters. The lowest BCUT2D eigenvalue weighted by Crippen LogP contribution is -1.97. The molecule has 0 saturated carbocycles. The van der Waals surface area contributed by atoms with Gasteiger partial charge in [0, 0.05) is 11.6 Å². The van der Waals surface area contributed by atoms with E-state index in [2.05, 4.69) is 0 Å².